The summed E-state index contributed by atoms with van der Waals surface area (Å²) < 4.78 is 29.0. The Hall–Kier alpha value is -1.92. The Labute approximate surface area is 648 Å². The number of sulfone groups is 1. The number of hydrogen-bond donors (Lipinski definition) is 1. The number of carbonyl (C=O) groups is 3. The topological polar surface area (TPSA) is 128 Å². The minimum atomic E-state index is -2.85. The summed E-state index contributed by atoms with van der Waals surface area (Å²) in [6.07, 6.45) is 21.2. The fourth-order valence-electron chi connectivity index (χ4n) is 9.28. The number of hydrogen-bond acceptors (Lipinski definition) is 8. The molecule has 0 aromatic carbocycles. The van der Waals surface area contributed by atoms with Crippen LogP contribution >= 0.6 is 12.2 Å². The van der Waals surface area contributed by atoms with Crippen LogP contribution in [0.15, 0.2) is 0 Å². The molecule has 0 heterocycles. The van der Waals surface area contributed by atoms with E-state index in [2.05, 4.69) is 270 Å². The number of carbonyl (C=O) groups excluding carboxylic acids is 3. The molecule has 0 radical (unpaired) electrons. The highest BCUT2D eigenvalue weighted by Gasteiger charge is 2.26. The number of Topliss-reactive ketones (excluding diaryl/α,β-unsaturated/α-hetero) is 1. The van der Waals surface area contributed by atoms with Gasteiger partial charge in [-0.05, 0) is 186 Å². The van der Waals surface area contributed by atoms with Gasteiger partial charge in [-0.3, -0.25) is 9.59 Å². The van der Waals surface area contributed by atoms with E-state index in [4.69, 9.17) is 22.4 Å². The molecule has 0 bridgehead atoms. The molecule has 12 heteroatoms. The third-order valence-electron chi connectivity index (χ3n) is 15.7. The number of ether oxygens (including phenoxy) is 1. The molecule has 0 saturated carbocycles. The number of rotatable bonds is 26. The van der Waals surface area contributed by atoms with E-state index in [1.165, 1.54) is 49.8 Å². The van der Waals surface area contributed by atoms with Crippen molar-refractivity contribution in [2.75, 3.05) is 58.9 Å². The summed E-state index contributed by atoms with van der Waals surface area (Å²) in [5.41, 5.74) is 4.62. The second-order valence-corrected chi connectivity index (χ2v) is 50.0. The molecule has 0 fully saturated rings. The molecule has 0 aliphatic rings. The van der Waals surface area contributed by atoms with Gasteiger partial charge in [0.2, 0.25) is 5.91 Å². The Kier molecular flexibility index (Phi) is 54.8. The first-order chi connectivity index (χ1) is 44.4. The molecule has 102 heavy (non-hydrogen) atoms. The van der Waals surface area contributed by atoms with Crippen LogP contribution < -0.4 is 0 Å². The number of unbranched alkanes of at least 4 members (excludes halogenated alkanes) is 2. The summed E-state index contributed by atoms with van der Waals surface area (Å²) in [5, 5.41) is 7.85. The highest BCUT2D eigenvalue weighted by Crippen LogP contribution is 2.30. The number of thiocarbonyl (C=S) groups is 1. The fourth-order valence-corrected chi connectivity index (χ4v) is 11.5. The summed E-state index contributed by atoms with van der Waals surface area (Å²) >= 11 is 5.39. The molecule has 0 aromatic heterocycles. The van der Waals surface area contributed by atoms with Gasteiger partial charge in [0.15, 0.2) is 0 Å². The summed E-state index contributed by atoms with van der Waals surface area (Å²) in [4.78, 5) is 42.0. The molecule has 0 saturated heterocycles. The van der Waals surface area contributed by atoms with Gasteiger partial charge >= 0.3 is 6.03 Å². The molecule has 3 amide bonds. The molecule has 1 N–H and O–H groups in total. The van der Waals surface area contributed by atoms with E-state index in [1.807, 2.05) is 46.8 Å². The highest BCUT2D eigenvalue weighted by molar-refractivity contribution is 7.91. The molecule has 0 rings (SSSR count). The summed E-state index contributed by atoms with van der Waals surface area (Å²) in [7, 11) is 2.79. The first kappa shape index (κ1) is 113. The zero-order chi connectivity index (χ0) is 83.2. The van der Waals surface area contributed by atoms with Gasteiger partial charge in [0.1, 0.15) is 15.6 Å². The molecule has 0 spiro atoms. The molecule has 0 aliphatic heterocycles. The van der Waals surface area contributed by atoms with Crippen molar-refractivity contribution in [3.05, 3.63) is 0 Å². The second-order valence-electron chi connectivity index (χ2n) is 47.1. The lowest BCUT2D eigenvalue weighted by Gasteiger charge is -2.33. The zero-order valence-corrected chi connectivity index (χ0v) is 79.6. The molecule has 0 aromatic rings. The van der Waals surface area contributed by atoms with Crippen molar-refractivity contribution in [1.82, 2.24) is 14.7 Å². The van der Waals surface area contributed by atoms with Crippen molar-refractivity contribution in [3.63, 3.8) is 0 Å². The Morgan fingerprint density at radius 2 is 0.559 bits per heavy atom. The van der Waals surface area contributed by atoms with Crippen molar-refractivity contribution in [1.29, 1.82) is 5.41 Å². The fraction of sp³-hybridized carbons (Fsp3) is 0.944. The molecule has 0 unspecified atom stereocenters. The van der Waals surface area contributed by atoms with Crippen molar-refractivity contribution >= 4 is 50.4 Å². The van der Waals surface area contributed by atoms with Gasteiger partial charge in [-0.1, -0.05) is 302 Å². The Morgan fingerprint density at radius 1 is 0.314 bits per heavy atom. The largest absolute Gasteiger partial charge is 0.375 e. The van der Waals surface area contributed by atoms with Gasteiger partial charge in [0, 0.05) is 65.8 Å². The van der Waals surface area contributed by atoms with Gasteiger partial charge in [-0.25, -0.2) is 13.2 Å². The van der Waals surface area contributed by atoms with Crippen molar-refractivity contribution < 1.29 is 27.5 Å². The van der Waals surface area contributed by atoms with Gasteiger partial charge in [-0.2, -0.15) is 0 Å². The van der Waals surface area contributed by atoms with Crippen LogP contribution in [0.3, 0.4) is 0 Å². The number of ketones is 1. The summed E-state index contributed by atoms with van der Waals surface area (Å²) in [6, 6.07) is 0.102. The number of amides is 3. The van der Waals surface area contributed by atoms with Crippen molar-refractivity contribution in [2.45, 2.75) is 425 Å². The smallest absolute Gasteiger partial charge is 0.319 e. The van der Waals surface area contributed by atoms with Crippen LogP contribution in [0.4, 0.5) is 4.79 Å². The van der Waals surface area contributed by atoms with E-state index in [9.17, 15) is 22.8 Å². The second kappa shape index (κ2) is 49.3. The normalized spacial score (nSPS) is 13.1. The van der Waals surface area contributed by atoms with Crippen LogP contribution in [0.25, 0.3) is 0 Å². The van der Waals surface area contributed by atoms with Gasteiger partial charge in [-0.15, -0.1) is 0 Å². The highest BCUT2D eigenvalue weighted by atomic mass is 32.2. The molecule has 616 valence electrons. The van der Waals surface area contributed by atoms with Gasteiger partial charge in [0.25, 0.3) is 0 Å². The SMILES string of the molecule is CC(C)(C)CCC(=N)CCC(C)(C)C.CC(C)(C)CCC(=O)CCOC(C)(C)C.CC(C)(C)CCC(=S)CCC(C)(C)C.CC(C)(C)CCCCCC(C)(C)C.CC(C)(C)CCS(=O)(=O)CCC(C)(C)C.CN(CC(C)(C)C)C(=O)CCC(C)(C)C.CN(CC(C)(C)C)C(=O)N(C)CC(C)(C)C. The molecule has 10 nitrogen and oxygen atoms in total. The first-order valence-electron chi connectivity index (χ1n) is 40.0. The maximum Gasteiger partial charge on any atom is 0.319 e. The Bertz CT molecular complexity index is 2170. The number of urea groups is 1. The van der Waals surface area contributed by atoms with Gasteiger partial charge < -0.3 is 24.8 Å². The zero-order valence-electron chi connectivity index (χ0n) is 78.0. The van der Waals surface area contributed by atoms with E-state index in [1.54, 1.807) is 9.80 Å². The summed E-state index contributed by atoms with van der Waals surface area (Å²) in [5.74, 6) is 1.23. The molecule has 0 aliphatic carbocycles. The third kappa shape index (κ3) is 109. The minimum Gasteiger partial charge on any atom is -0.375 e. The predicted molar refractivity (Wildman–Crippen MR) is 463 cm³/mol. The average Bonchev–Trinajstić information content (AvgIpc) is 0.887. The van der Waals surface area contributed by atoms with Gasteiger partial charge in [0.05, 0.1) is 23.7 Å². The number of nitrogens with zero attached hydrogens (tertiary/aromatic N) is 3. The maximum absolute atomic E-state index is 12.1. The summed E-state index contributed by atoms with van der Waals surface area (Å²) in [6.45, 7) is 94.8. The van der Waals surface area contributed by atoms with Crippen LogP contribution in [0.5, 0.6) is 0 Å². The van der Waals surface area contributed by atoms with E-state index in [0.29, 0.717) is 75.6 Å². The Balaban J connectivity index is -0.000000207. The lowest BCUT2D eigenvalue weighted by Crippen LogP contribution is -2.45. The third-order valence-corrected chi connectivity index (χ3v) is 17.8. The first-order valence-corrected chi connectivity index (χ1v) is 42.2. The lowest BCUT2D eigenvalue weighted by molar-refractivity contribution is -0.131. The van der Waals surface area contributed by atoms with Crippen LogP contribution in [-0.4, -0.2) is 116 Å². The minimum absolute atomic E-state index is 0.102. The van der Waals surface area contributed by atoms with E-state index in [-0.39, 0.29) is 55.4 Å². The van der Waals surface area contributed by atoms with Crippen LogP contribution in [0.1, 0.15) is 419 Å². The maximum atomic E-state index is 12.1. The van der Waals surface area contributed by atoms with E-state index >= 15 is 0 Å². The monoisotopic (exact) mass is 1490 g/mol. The molecular weight excluding hydrogens is 1300 g/mol. The average molecular weight is 1490 g/mol. The Morgan fingerprint density at radius 3 is 0.814 bits per heavy atom. The van der Waals surface area contributed by atoms with E-state index in [0.717, 1.165) is 89.6 Å². The van der Waals surface area contributed by atoms with Crippen molar-refractivity contribution in [3.8, 4) is 0 Å². The van der Waals surface area contributed by atoms with E-state index < -0.39 is 9.84 Å². The van der Waals surface area contributed by atoms with Crippen LogP contribution in [0, 0.1) is 75.8 Å². The predicted octanol–water partition coefficient (Wildman–Crippen LogP) is 27.9. The standard InChI is InChI=1S/C13H28N2O.C13H27NO.C13H27N.C13H26O2.C13H26S.C13H28.C12H26O2S/c1-12(2,3)9-14(7)11(16)15(8)10-13(4,5)6;1-12(2,3)9-8-11(15)14(7)10-13(4,5)6;1-12(2,3)9-7-11(14)8-10-13(4,5)6;1-12(2,3)9-7-11(14)8-10-15-13(4,5)6;1-12(2,3)9-7-11(14)8-10-13(4,5)6;1-12(2,3)10-8-7-9-11-13(4,5)6;1-11(2,3)7-9-15(13,14)10-8-12(4,5)6/h9-10H2,1-8H3;8-10H2,1-7H3;14H,7-10H2,1-6H3;7-10H2,1-6H3;7-10H2,1-6H3;7-11H2,1-6H3;7-10H2,1-6H3. The van der Waals surface area contributed by atoms with Crippen molar-refractivity contribution in [2.24, 2.45) is 70.4 Å². The van der Waals surface area contributed by atoms with Crippen LogP contribution in [0.2, 0.25) is 0 Å². The molecular formula is C90H188N4O6S2. The quantitative estimate of drug-likeness (QED) is 0.0519. The number of nitrogens with one attached hydrogen (secondary N) is 1. The molecule has 0 atom stereocenters. The lowest BCUT2D eigenvalue weighted by atomic mass is 9.86. The van der Waals surface area contributed by atoms with Crippen LogP contribution in [-0.2, 0) is 24.2 Å².